The van der Waals surface area contributed by atoms with E-state index in [-0.39, 0.29) is 30.7 Å². The highest BCUT2D eigenvalue weighted by molar-refractivity contribution is 5.84. The van der Waals surface area contributed by atoms with Gasteiger partial charge in [-0.15, -0.1) is 0 Å². The molecule has 2 amide bonds. The summed E-state index contributed by atoms with van der Waals surface area (Å²) >= 11 is 0. The number of nitrogens with zero attached hydrogens (tertiary/aromatic N) is 1. The molecule has 1 atom stereocenters. The number of hydrogen-bond acceptors (Lipinski definition) is 3. The zero-order chi connectivity index (χ0) is 15.4. The number of morpholine rings is 1. The summed E-state index contributed by atoms with van der Waals surface area (Å²) in [5.41, 5.74) is 2.53. The lowest BCUT2D eigenvalue weighted by atomic mass is 10.1. The highest BCUT2D eigenvalue weighted by Gasteiger charge is 2.24. The van der Waals surface area contributed by atoms with E-state index < -0.39 is 0 Å². The molecule has 1 unspecified atom stereocenters. The first-order chi connectivity index (χ1) is 10.7. The summed E-state index contributed by atoms with van der Waals surface area (Å²) in [5.74, 6) is 0.00795. The van der Waals surface area contributed by atoms with Crippen LogP contribution >= 0.6 is 0 Å². The van der Waals surface area contributed by atoms with E-state index in [0.29, 0.717) is 26.3 Å². The third-order valence-electron chi connectivity index (χ3n) is 4.40. The summed E-state index contributed by atoms with van der Waals surface area (Å²) in [6, 6.07) is 8.33. The number of carbonyl (C=O) groups excluding carboxylic acids is 2. The topological polar surface area (TPSA) is 58.6 Å². The number of aryl methyl sites for hydroxylation is 1. The molecule has 1 aromatic rings. The third-order valence-corrected chi connectivity index (χ3v) is 4.40. The number of hydrogen-bond donors (Lipinski definition) is 1. The lowest BCUT2D eigenvalue weighted by Gasteiger charge is -2.26. The fourth-order valence-corrected chi connectivity index (χ4v) is 3.16. The van der Waals surface area contributed by atoms with Crippen molar-refractivity contribution in [2.75, 3.05) is 26.3 Å². The normalized spacial score (nSPS) is 20.5. The van der Waals surface area contributed by atoms with Gasteiger partial charge in [-0.25, -0.2) is 0 Å². The van der Waals surface area contributed by atoms with Crippen molar-refractivity contribution >= 4 is 11.8 Å². The molecule has 2 aliphatic rings. The second-order valence-corrected chi connectivity index (χ2v) is 5.85. The number of amides is 2. The maximum Gasteiger partial charge on any atom is 0.223 e. The smallest absolute Gasteiger partial charge is 0.223 e. The Morgan fingerprint density at radius 3 is 2.77 bits per heavy atom. The van der Waals surface area contributed by atoms with Crippen LogP contribution < -0.4 is 5.32 Å². The Morgan fingerprint density at radius 1 is 1.18 bits per heavy atom. The molecule has 1 aliphatic carbocycles. The lowest BCUT2D eigenvalue weighted by Crippen LogP contribution is -2.41. The van der Waals surface area contributed by atoms with Crippen LogP contribution in [0.15, 0.2) is 24.3 Å². The van der Waals surface area contributed by atoms with Crippen molar-refractivity contribution in [3.63, 3.8) is 0 Å². The van der Waals surface area contributed by atoms with Crippen molar-refractivity contribution in [1.82, 2.24) is 10.2 Å². The van der Waals surface area contributed by atoms with Gasteiger partial charge >= 0.3 is 0 Å². The van der Waals surface area contributed by atoms with Gasteiger partial charge in [0.1, 0.15) is 0 Å². The second-order valence-electron chi connectivity index (χ2n) is 5.85. The molecule has 1 N–H and O–H groups in total. The lowest BCUT2D eigenvalue weighted by molar-refractivity contribution is -0.137. The van der Waals surface area contributed by atoms with Crippen LogP contribution in [-0.4, -0.2) is 43.0 Å². The maximum atomic E-state index is 12.1. The van der Waals surface area contributed by atoms with Gasteiger partial charge in [-0.3, -0.25) is 9.59 Å². The van der Waals surface area contributed by atoms with E-state index in [1.807, 2.05) is 12.1 Å². The van der Waals surface area contributed by atoms with Crippen LogP contribution in [0, 0.1) is 0 Å². The SMILES string of the molecule is O=C(CCC(=O)N1CCOCC1)NC1CCc2ccccc21. The molecular weight excluding hydrogens is 280 g/mol. The van der Waals surface area contributed by atoms with Crippen molar-refractivity contribution in [2.45, 2.75) is 31.7 Å². The van der Waals surface area contributed by atoms with Crippen LogP contribution in [0.5, 0.6) is 0 Å². The van der Waals surface area contributed by atoms with Crippen LogP contribution in [0.2, 0.25) is 0 Å². The number of ether oxygens (including phenoxy) is 1. The van der Waals surface area contributed by atoms with E-state index in [1.165, 1.54) is 11.1 Å². The van der Waals surface area contributed by atoms with Crippen molar-refractivity contribution in [1.29, 1.82) is 0 Å². The predicted molar refractivity (Wildman–Crippen MR) is 82.3 cm³/mol. The third kappa shape index (κ3) is 3.47. The number of benzene rings is 1. The summed E-state index contributed by atoms with van der Waals surface area (Å²) in [6.45, 7) is 2.46. The van der Waals surface area contributed by atoms with Gasteiger partial charge in [0.05, 0.1) is 19.3 Å². The zero-order valence-corrected chi connectivity index (χ0v) is 12.7. The van der Waals surface area contributed by atoms with E-state index in [1.54, 1.807) is 4.90 Å². The molecule has 1 saturated heterocycles. The van der Waals surface area contributed by atoms with Gasteiger partial charge in [-0.2, -0.15) is 0 Å². The Labute approximate surface area is 130 Å². The standard InChI is InChI=1S/C17H22N2O3/c20-16(7-8-17(21)19-9-11-22-12-10-19)18-15-6-5-13-3-1-2-4-14(13)15/h1-4,15H,5-12H2,(H,18,20). The molecule has 0 spiro atoms. The quantitative estimate of drug-likeness (QED) is 0.915. The molecule has 3 rings (SSSR count). The molecule has 0 radical (unpaired) electrons. The van der Waals surface area contributed by atoms with Gasteiger partial charge in [-0.05, 0) is 24.0 Å². The van der Waals surface area contributed by atoms with Gasteiger partial charge in [0.15, 0.2) is 0 Å². The van der Waals surface area contributed by atoms with E-state index >= 15 is 0 Å². The van der Waals surface area contributed by atoms with Crippen molar-refractivity contribution in [3.8, 4) is 0 Å². The van der Waals surface area contributed by atoms with Crippen LogP contribution in [-0.2, 0) is 20.7 Å². The molecule has 118 valence electrons. The minimum Gasteiger partial charge on any atom is -0.378 e. The van der Waals surface area contributed by atoms with Gasteiger partial charge in [0, 0.05) is 25.9 Å². The fourth-order valence-electron chi connectivity index (χ4n) is 3.16. The van der Waals surface area contributed by atoms with E-state index in [2.05, 4.69) is 17.4 Å². The number of rotatable bonds is 4. The molecule has 1 aromatic carbocycles. The van der Waals surface area contributed by atoms with Crippen LogP contribution in [0.1, 0.15) is 36.4 Å². The summed E-state index contributed by atoms with van der Waals surface area (Å²) in [5, 5.41) is 3.06. The van der Waals surface area contributed by atoms with Crippen LogP contribution in [0.25, 0.3) is 0 Å². The number of carbonyl (C=O) groups is 2. The Balaban J connectivity index is 1.46. The largest absolute Gasteiger partial charge is 0.378 e. The number of nitrogens with one attached hydrogen (secondary N) is 1. The average molecular weight is 302 g/mol. The molecular formula is C17H22N2O3. The molecule has 0 bridgehead atoms. The minimum absolute atomic E-state index is 0.0386. The molecule has 1 fully saturated rings. The first kappa shape index (κ1) is 15.0. The first-order valence-corrected chi connectivity index (χ1v) is 7.97. The average Bonchev–Trinajstić information content (AvgIpc) is 2.97. The maximum absolute atomic E-state index is 12.1. The van der Waals surface area contributed by atoms with Crippen LogP contribution in [0.4, 0.5) is 0 Å². The second kappa shape index (κ2) is 6.92. The van der Waals surface area contributed by atoms with E-state index in [9.17, 15) is 9.59 Å². The molecule has 0 saturated carbocycles. The molecule has 0 aromatic heterocycles. The molecule has 1 heterocycles. The fraction of sp³-hybridized carbons (Fsp3) is 0.529. The molecule has 5 heteroatoms. The Hall–Kier alpha value is -1.88. The summed E-state index contributed by atoms with van der Waals surface area (Å²) < 4.78 is 5.22. The highest BCUT2D eigenvalue weighted by Crippen LogP contribution is 2.30. The van der Waals surface area contributed by atoms with E-state index in [0.717, 1.165) is 12.8 Å². The minimum atomic E-state index is -0.0386. The Morgan fingerprint density at radius 2 is 1.95 bits per heavy atom. The highest BCUT2D eigenvalue weighted by atomic mass is 16.5. The van der Waals surface area contributed by atoms with E-state index in [4.69, 9.17) is 4.74 Å². The Bertz CT molecular complexity index is 553. The number of fused-ring (bicyclic) bond motifs is 1. The zero-order valence-electron chi connectivity index (χ0n) is 12.7. The summed E-state index contributed by atoms with van der Waals surface area (Å²) in [7, 11) is 0. The van der Waals surface area contributed by atoms with Crippen molar-refractivity contribution in [2.24, 2.45) is 0 Å². The monoisotopic (exact) mass is 302 g/mol. The van der Waals surface area contributed by atoms with Crippen molar-refractivity contribution < 1.29 is 14.3 Å². The summed E-state index contributed by atoms with van der Waals surface area (Å²) in [4.78, 5) is 25.9. The van der Waals surface area contributed by atoms with Gasteiger partial charge in [0.25, 0.3) is 0 Å². The molecule has 5 nitrogen and oxygen atoms in total. The van der Waals surface area contributed by atoms with Crippen molar-refractivity contribution in [3.05, 3.63) is 35.4 Å². The first-order valence-electron chi connectivity index (χ1n) is 7.97. The predicted octanol–water partition coefficient (Wildman–Crippen LogP) is 1.43. The van der Waals surface area contributed by atoms with Crippen LogP contribution in [0.3, 0.4) is 0 Å². The summed E-state index contributed by atoms with van der Waals surface area (Å²) in [6.07, 6.45) is 2.49. The van der Waals surface area contributed by atoms with Gasteiger partial charge < -0.3 is 15.0 Å². The Kier molecular flexibility index (Phi) is 4.73. The van der Waals surface area contributed by atoms with Gasteiger partial charge in [-0.1, -0.05) is 24.3 Å². The molecule has 1 aliphatic heterocycles. The van der Waals surface area contributed by atoms with Gasteiger partial charge in [0.2, 0.25) is 11.8 Å². The molecule has 22 heavy (non-hydrogen) atoms.